The minimum atomic E-state index is -1.67. The molecule has 5 heteroatoms. The molecule has 48 heavy (non-hydrogen) atoms. The molecule has 0 unspecified atom stereocenters. The summed E-state index contributed by atoms with van der Waals surface area (Å²) in [4.78, 5) is 6.57. The number of fused-ring (bicyclic) bond motifs is 3. The van der Waals surface area contributed by atoms with Crippen LogP contribution in [0.25, 0.3) is 21.8 Å². The Balaban J connectivity index is 0.000000331. The van der Waals surface area contributed by atoms with Crippen LogP contribution in [-0.2, 0) is 22.4 Å². The molecule has 1 aromatic heterocycles. The fraction of sp³-hybridized carbons (Fsp3) is 0.395. The second kappa shape index (κ2) is 15.5. The van der Waals surface area contributed by atoms with Gasteiger partial charge in [-0.05, 0) is 62.1 Å². The summed E-state index contributed by atoms with van der Waals surface area (Å²) in [5.74, 6) is 1.65. The molecule has 6 rings (SSSR count). The van der Waals surface area contributed by atoms with Gasteiger partial charge in [0, 0.05) is 42.9 Å². The summed E-state index contributed by atoms with van der Waals surface area (Å²) >= 11 is 0. The zero-order valence-corrected chi connectivity index (χ0v) is 32.7. The van der Waals surface area contributed by atoms with Crippen LogP contribution in [0.15, 0.2) is 90.0 Å². The van der Waals surface area contributed by atoms with E-state index in [2.05, 4.69) is 138 Å². The van der Waals surface area contributed by atoms with E-state index in [9.17, 15) is 2.74 Å². The van der Waals surface area contributed by atoms with Gasteiger partial charge in [0.1, 0.15) is 0 Å². The van der Waals surface area contributed by atoms with Crippen molar-refractivity contribution in [2.45, 2.75) is 106 Å². The van der Waals surface area contributed by atoms with Crippen molar-refractivity contribution in [2.24, 2.45) is 10.5 Å². The van der Waals surface area contributed by atoms with Crippen molar-refractivity contribution >= 4 is 39.0 Å². The van der Waals surface area contributed by atoms with Crippen molar-refractivity contribution < 1.29 is 25.1 Å². The van der Waals surface area contributed by atoms with Gasteiger partial charge in [-0.1, -0.05) is 161 Å². The molecular formula is C43H54AuN4-2. The standard InChI is InChI=1S/C31H46N3.C12H8N.Au/c1-20(2)24-14-12-15-25(21(3)4)29(24)33-19-34(32-28(33)18-31(9,10)11)30-26(22(5)6)16-13-17-27(30)23(7)8;1-3-7-11-9(5-1)10-6-2-4-8-12(10)13-11;/h12-17,19-23H,18H2,1-11H3;1-8H;/q2*-1;/i18D2;;. The van der Waals surface area contributed by atoms with Crippen molar-refractivity contribution in [3.05, 3.63) is 114 Å². The molecule has 0 fully saturated rings. The van der Waals surface area contributed by atoms with E-state index in [0.717, 1.165) is 22.4 Å². The minimum absolute atomic E-state index is 0. The summed E-state index contributed by atoms with van der Waals surface area (Å²) in [5.41, 5.74) is 8.52. The average molecular weight is 826 g/mol. The number of amidine groups is 1. The van der Waals surface area contributed by atoms with Gasteiger partial charge in [-0.15, -0.1) is 17.7 Å². The number of hydrazone groups is 1. The van der Waals surface area contributed by atoms with Crippen molar-refractivity contribution in [2.75, 3.05) is 9.91 Å². The Kier molecular flexibility index (Phi) is 11.2. The van der Waals surface area contributed by atoms with Gasteiger partial charge < -0.3 is 14.9 Å². The number of rotatable bonds is 7. The molecular weight excluding hydrogens is 769 g/mol. The number of nitrogens with zero attached hydrogens (tertiary/aromatic N) is 4. The fourth-order valence-corrected chi connectivity index (χ4v) is 6.33. The number of benzene rings is 4. The monoisotopic (exact) mass is 825 g/mol. The van der Waals surface area contributed by atoms with Gasteiger partial charge in [-0.25, -0.2) is 0 Å². The van der Waals surface area contributed by atoms with E-state index >= 15 is 0 Å². The van der Waals surface area contributed by atoms with Crippen LogP contribution in [0.3, 0.4) is 0 Å². The van der Waals surface area contributed by atoms with Crippen molar-refractivity contribution in [1.82, 2.24) is 4.98 Å². The maximum Gasteiger partial charge on any atom is 0.0990 e. The first-order valence-electron chi connectivity index (χ1n) is 18.2. The van der Waals surface area contributed by atoms with Crippen LogP contribution < -0.4 is 14.9 Å². The topological polar surface area (TPSA) is 32.9 Å². The van der Waals surface area contributed by atoms with Crippen LogP contribution in [0.1, 0.15) is 131 Å². The molecule has 1 aliphatic rings. The van der Waals surface area contributed by atoms with Crippen LogP contribution in [0.4, 0.5) is 11.4 Å². The van der Waals surface area contributed by atoms with Crippen LogP contribution in [0.2, 0.25) is 0 Å². The van der Waals surface area contributed by atoms with Gasteiger partial charge >= 0.3 is 0 Å². The van der Waals surface area contributed by atoms with Crippen molar-refractivity contribution in [3.8, 4) is 0 Å². The number of anilines is 2. The first-order chi connectivity index (χ1) is 23.0. The van der Waals surface area contributed by atoms with Gasteiger partial charge in [0.2, 0.25) is 0 Å². The zero-order chi connectivity index (χ0) is 35.8. The van der Waals surface area contributed by atoms with E-state index < -0.39 is 11.8 Å². The molecule has 0 spiro atoms. The van der Waals surface area contributed by atoms with Gasteiger partial charge in [0.05, 0.1) is 5.84 Å². The van der Waals surface area contributed by atoms with Crippen LogP contribution in [-0.4, -0.2) is 5.84 Å². The second-order valence-corrected chi connectivity index (χ2v) is 15.0. The Morgan fingerprint density at radius 2 is 1.02 bits per heavy atom. The largest absolute Gasteiger partial charge is 0.657 e. The molecule has 259 valence electrons. The maximum absolute atomic E-state index is 9.29. The molecule has 0 saturated heterocycles. The summed E-state index contributed by atoms with van der Waals surface area (Å²) < 4.78 is 18.6. The predicted molar refractivity (Wildman–Crippen MR) is 205 cm³/mol. The third kappa shape index (κ3) is 8.10. The molecule has 0 atom stereocenters. The van der Waals surface area contributed by atoms with E-state index in [-0.39, 0.29) is 34.2 Å². The van der Waals surface area contributed by atoms with Crippen LogP contribution in [0, 0.1) is 12.1 Å². The summed E-state index contributed by atoms with van der Waals surface area (Å²) in [7, 11) is 0. The van der Waals surface area contributed by atoms with Gasteiger partial charge in [-0.3, -0.25) is 0 Å². The first kappa shape index (κ1) is 34.5. The number of hydrogen-bond donors (Lipinski definition) is 0. The Bertz CT molecular complexity index is 1850. The third-order valence-electron chi connectivity index (χ3n) is 8.64. The van der Waals surface area contributed by atoms with Crippen LogP contribution in [0.5, 0.6) is 0 Å². The van der Waals surface area contributed by atoms with Gasteiger partial charge in [0.25, 0.3) is 0 Å². The Labute approximate surface area is 308 Å². The number of aromatic nitrogens is 1. The molecule has 0 bridgehead atoms. The van der Waals surface area contributed by atoms with E-state index in [1.165, 1.54) is 33.0 Å². The SMILES string of the molecule is [2H]C([2H])(C1=NN(c2c(C(C)C)cccc2C(C)C)[CH-]N1c1c(C(C)C)cccc1C(C)C)C(C)(C)C.[Au].c1ccc2c(c1)[n-]c1ccccc12. The zero-order valence-electron chi connectivity index (χ0n) is 32.6. The summed E-state index contributed by atoms with van der Waals surface area (Å²) in [6.45, 7) is 25.5. The maximum atomic E-state index is 9.29. The fourth-order valence-electron chi connectivity index (χ4n) is 6.33. The minimum Gasteiger partial charge on any atom is -0.657 e. The molecule has 0 N–H and O–H groups in total. The predicted octanol–water partition coefficient (Wildman–Crippen LogP) is 12.3. The van der Waals surface area contributed by atoms with Gasteiger partial charge in [0.15, 0.2) is 0 Å². The molecule has 4 aromatic carbocycles. The van der Waals surface area contributed by atoms with E-state index in [0.29, 0.717) is 17.7 Å². The first-order valence-corrected chi connectivity index (χ1v) is 17.2. The van der Waals surface area contributed by atoms with E-state index in [1.807, 2.05) is 44.6 Å². The van der Waals surface area contributed by atoms with Crippen molar-refractivity contribution in [3.63, 3.8) is 0 Å². The molecule has 0 aliphatic carbocycles. The van der Waals surface area contributed by atoms with E-state index in [1.54, 1.807) is 0 Å². The molecule has 1 aliphatic heterocycles. The molecule has 2 heterocycles. The second-order valence-electron chi connectivity index (χ2n) is 15.0. The van der Waals surface area contributed by atoms with Crippen molar-refractivity contribution in [1.29, 1.82) is 0 Å². The van der Waals surface area contributed by atoms with Crippen LogP contribution >= 0.6 is 0 Å². The molecule has 1 radical (unpaired) electrons. The summed E-state index contributed by atoms with van der Waals surface area (Å²) in [6.07, 6.45) is -1.67. The summed E-state index contributed by atoms with van der Waals surface area (Å²) in [5, 5.41) is 9.53. The molecule has 0 amide bonds. The number of para-hydroxylation sites is 4. The Morgan fingerprint density at radius 3 is 1.42 bits per heavy atom. The van der Waals surface area contributed by atoms with E-state index in [4.69, 9.17) is 5.10 Å². The Hall–Kier alpha value is -3.31. The molecule has 4 nitrogen and oxygen atoms in total. The average Bonchev–Trinajstić information content (AvgIpc) is 3.66. The molecule has 0 saturated carbocycles. The normalized spacial score (nSPS) is 14.4. The third-order valence-corrected chi connectivity index (χ3v) is 8.64. The molecule has 5 aromatic rings. The number of hydrogen-bond acceptors (Lipinski definition) is 3. The Morgan fingerprint density at radius 1 is 0.625 bits per heavy atom. The van der Waals surface area contributed by atoms with Gasteiger partial charge in [-0.2, -0.15) is 5.10 Å². The smallest absolute Gasteiger partial charge is 0.0990 e. The summed E-state index contributed by atoms with van der Waals surface area (Å²) in [6, 6.07) is 29.4. The quantitative estimate of drug-likeness (QED) is 0.121.